The van der Waals surface area contributed by atoms with E-state index in [4.69, 9.17) is 14.4 Å². The second kappa shape index (κ2) is 8.38. The van der Waals surface area contributed by atoms with Gasteiger partial charge >= 0.3 is 0 Å². The predicted octanol–water partition coefficient (Wildman–Crippen LogP) is 3.40. The van der Waals surface area contributed by atoms with Gasteiger partial charge in [-0.2, -0.15) is 4.98 Å². The van der Waals surface area contributed by atoms with Gasteiger partial charge in [-0.3, -0.25) is 0 Å². The third kappa shape index (κ3) is 3.92. The van der Waals surface area contributed by atoms with Crippen LogP contribution < -0.4 is 10.2 Å². The van der Waals surface area contributed by atoms with Crippen LogP contribution in [-0.4, -0.2) is 47.6 Å². The zero-order valence-electron chi connectivity index (χ0n) is 14.9. The Bertz CT molecular complexity index is 831. The molecule has 7 heteroatoms. The van der Waals surface area contributed by atoms with E-state index < -0.39 is 0 Å². The number of piperazine rings is 1. The van der Waals surface area contributed by atoms with Crippen LogP contribution in [0.15, 0.2) is 47.1 Å². The Balaban J connectivity index is 0.00000196. The lowest BCUT2D eigenvalue weighted by atomic mass is 10.2. The van der Waals surface area contributed by atoms with Gasteiger partial charge in [-0.1, -0.05) is 19.1 Å². The number of aromatic nitrogens is 2. The molecule has 138 valence electrons. The molecule has 1 aliphatic heterocycles. The largest absolute Gasteiger partial charge is 0.467 e. The van der Waals surface area contributed by atoms with Crippen LogP contribution in [0.4, 0.5) is 11.8 Å². The van der Waals surface area contributed by atoms with Gasteiger partial charge in [-0.05, 0) is 30.8 Å². The molecule has 0 atom stereocenters. The molecule has 1 aliphatic rings. The molecular weight excluding hydrogens is 350 g/mol. The Morgan fingerprint density at radius 1 is 1.04 bits per heavy atom. The minimum Gasteiger partial charge on any atom is -0.467 e. The Kier molecular flexibility index (Phi) is 5.96. The molecule has 6 nitrogen and oxygen atoms in total. The summed E-state index contributed by atoms with van der Waals surface area (Å²) in [6.45, 7) is 7.95. The van der Waals surface area contributed by atoms with E-state index in [1.54, 1.807) is 6.26 Å². The molecule has 3 aromatic rings. The van der Waals surface area contributed by atoms with Crippen molar-refractivity contribution in [2.45, 2.75) is 13.5 Å². The molecule has 26 heavy (non-hydrogen) atoms. The fraction of sp³-hybridized carbons (Fsp3) is 0.368. The van der Waals surface area contributed by atoms with E-state index in [0.717, 1.165) is 61.2 Å². The highest BCUT2D eigenvalue weighted by Crippen LogP contribution is 2.24. The molecule has 0 bridgehead atoms. The number of para-hydroxylation sites is 1. The van der Waals surface area contributed by atoms with Crippen LogP contribution in [0.5, 0.6) is 0 Å². The summed E-state index contributed by atoms with van der Waals surface area (Å²) in [4.78, 5) is 14.3. The van der Waals surface area contributed by atoms with Gasteiger partial charge in [-0.25, -0.2) is 4.98 Å². The number of nitrogens with one attached hydrogen (secondary N) is 1. The van der Waals surface area contributed by atoms with Gasteiger partial charge in [-0.15, -0.1) is 12.4 Å². The first-order valence-corrected chi connectivity index (χ1v) is 8.84. The lowest BCUT2D eigenvalue weighted by Crippen LogP contribution is -2.46. The van der Waals surface area contributed by atoms with Gasteiger partial charge < -0.3 is 19.5 Å². The second-order valence-electron chi connectivity index (χ2n) is 6.24. The summed E-state index contributed by atoms with van der Waals surface area (Å²) in [5, 5.41) is 4.44. The van der Waals surface area contributed by atoms with Gasteiger partial charge in [0, 0.05) is 31.6 Å². The summed E-state index contributed by atoms with van der Waals surface area (Å²) >= 11 is 0. The smallest absolute Gasteiger partial charge is 0.227 e. The van der Waals surface area contributed by atoms with Crippen LogP contribution in [0.25, 0.3) is 10.9 Å². The number of likely N-dealkylation sites (N-methyl/N-ethyl adjacent to an activating group) is 1. The van der Waals surface area contributed by atoms with Crippen molar-refractivity contribution in [3.63, 3.8) is 0 Å². The van der Waals surface area contributed by atoms with Gasteiger partial charge in [0.15, 0.2) is 0 Å². The molecule has 0 amide bonds. The SMILES string of the molecule is CCN1CCN(c2nc(NCc3ccco3)c3ccccc3n2)CC1.Cl. The molecule has 1 N–H and O–H groups in total. The third-order valence-corrected chi connectivity index (χ3v) is 4.70. The number of benzene rings is 1. The highest BCUT2D eigenvalue weighted by Gasteiger charge is 2.19. The van der Waals surface area contributed by atoms with E-state index in [-0.39, 0.29) is 12.4 Å². The van der Waals surface area contributed by atoms with Crippen LogP contribution >= 0.6 is 12.4 Å². The van der Waals surface area contributed by atoms with Crippen LogP contribution in [0.3, 0.4) is 0 Å². The number of fused-ring (bicyclic) bond motifs is 1. The minimum atomic E-state index is 0. The monoisotopic (exact) mass is 373 g/mol. The molecule has 0 unspecified atom stereocenters. The van der Waals surface area contributed by atoms with E-state index in [1.165, 1.54) is 0 Å². The summed E-state index contributed by atoms with van der Waals surface area (Å²) in [6.07, 6.45) is 1.69. The number of hydrogen-bond donors (Lipinski definition) is 1. The summed E-state index contributed by atoms with van der Waals surface area (Å²) in [5.74, 6) is 2.55. The van der Waals surface area contributed by atoms with Gasteiger partial charge in [0.05, 0.1) is 18.3 Å². The highest BCUT2D eigenvalue weighted by atomic mass is 35.5. The number of halogens is 1. The lowest BCUT2D eigenvalue weighted by Gasteiger charge is -2.34. The van der Waals surface area contributed by atoms with E-state index >= 15 is 0 Å². The van der Waals surface area contributed by atoms with Crippen molar-refractivity contribution in [1.82, 2.24) is 14.9 Å². The maximum Gasteiger partial charge on any atom is 0.227 e. The van der Waals surface area contributed by atoms with E-state index in [1.807, 2.05) is 30.3 Å². The first-order valence-electron chi connectivity index (χ1n) is 8.84. The molecule has 0 radical (unpaired) electrons. The van der Waals surface area contributed by atoms with Crippen LogP contribution in [0.1, 0.15) is 12.7 Å². The Hall–Kier alpha value is -2.31. The molecule has 0 spiro atoms. The maximum atomic E-state index is 5.42. The zero-order chi connectivity index (χ0) is 17.1. The van der Waals surface area contributed by atoms with E-state index in [2.05, 4.69) is 28.1 Å². The molecule has 1 aromatic carbocycles. The van der Waals surface area contributed by atoms with Crippen LogP contribution in [0, 0.1) is 0 Å². The van der Waals surface area contributed by atoms with Crippen molar-refractivity contribution >= 4 is 35.1 Å². The van der Waals surface area contributed by atoms with Crippen molar-refractivity contribution < 1.29 is 4.42 Å². The Morgan fingerprint density at radius 3 is 2.58 bits per heavy atom. The maximum absolute atomic E-state index is 5.42. The van der Waals surface area contributed by atoms with Gasteiger partial charge in [0.1, 0.15) is 11.6 Å². The van der Waals surface area contributed by atoms with Crippen molar-refractivity contribution in [1.29, 1.82) is 0 Å². The number of anilines is 2. The summed E-state index contributed by atoms with van der Waals surface area (Å²) in [6, 6.07) is 12.0. The third-order valence-electron chi connectivity index (χ3n) is 4.70. The topological polar surface area (TPSA) is 57.4 Å². The minimum absolute atomic E-state index is 0. The lowest BCUT2D eigenvalue weighted by molar-refractivity contribution is 0.270. The van der Waals surface area contributed by atoms with Crippen molar-refractivity contribution in [2.24, 2.45) is 0 Å². The average Bonchev–Trinajstić information content (AvgIpc) is 3.19. The zero-order valence-corrected chi connectivity index (χ0v) is 15.7. The first kappa shape index (κ1) is 18.5. The summed E-state index contributed by atoms with van der Waals surface area (Å²) in [5.41, 5.74) is 0.965. The van der Waals surface area contributed by atoms with E-state index in [0.29, 0.717) is 6.54 Å². The van der Waals surface area contributed by atoms with Crippen molar-refractivity contribution in [3.05, 3.63) is 48.4 Å². The number of hydrogen-bond acceptors (Lipinski definition) is 6. The molecule has 0 saturated carbocycles. The van der Waals surface area contributed by atoms with E-state index in [9.17, 15) is 0 Å². The Morgan fingerprint density at radius 2 is 1.85 bits per heavy atom. The molecule has 2 aromatic heterocycles. The highest BCUT2D eigenvalue weighted by molar-refractivity contribution is 5.90. The second-order valence-corrected chi connectivity index (χ2v) is 6.24. The van der Waals surface area contributed by atoms with Crippen LogP contribution in [0.2, 0.25) is 0 Å². The molecule has 3 heterocycles. The van der Waals surface area contributed by atoms with Gasteiger partial charge in [0.25, 0.3) is 0 Å². The number of furan rings is 1. The normalized spacial score (nSPS) is 15.0. The fourth-order valence-electron chi connectivity index (χ4n) is 3.19. The molecule has 1 fully saturated rings. The average molecular weight is 374 g/mol. The van der Waals surface area contributed by atoms with Crippen LogP contribution in [-0.2, 0) is 6.54 Å². The summed E-state index contributed by atoms with van der Waals surface area (Å²) in [7, 11) is 0. The predicted molar refractivity (Wildman–Crippen MR) is 107 cm³/mol. The number of nitrogens with zero attached hydrogens (tertiary/aromatic N) is 4. The molecule has 4 rings (SSSR count). The number of rotatable bonds is 5. The Labute approximate surface area is 159 Å². The molecule has 0 aliphatic carbocycles. The standard InChI is InChI=1S/C19H23N5O.ClH/c1-2-23-9-11-24(12-10-23)19-21-17-8-4-3-7-16(17)18(22-19)20-14-15-6-5-13-25-15;/h3-8,13H,2,9-12,14H2,1H3,(H,20,21,22);1H. The molecule has 1 saturated heterocycles. The van der Waals surface area contributed by atoms with Gasteiger partial charge in [0.2, 0.25) is 5.95 Å². The quantitative estimate of drug-likeness (QED) is 0.739. The fourth-order valence-corrected chi connectivity index (χ4v) is 3.19. The first-order chi connectivity index (χ1) is 12.3. The van der Waals surface area contributed by atoms with Crippen molar-refractivity contribution in [2.75, 3.05) is 42.9 Å². The van der Waals surface area contributed by atoms with Crippen molar-refractivity contribution in [3.8, 4) is 0 Å². The summed E-state index contributed by atoms with van der Waals surface area (Å²) < 4.78 is 5.42. The molecular formula is C19H24ClN5O.